The van der Waals surface area contributed by atoms with Gasteiger partial charge < -0.3 is 9.92 Å². The number of carbonyl (C=O) groups is 1. The maximum absolute atomic E-state index is 11.0. The van der Waals surface area contributed by atoms with Crippen LogP contribution in [0, 0.1) is 0 Å². The van der Waals surface area contributed by atoms with Gasteiger partial charge in [-0.3, -0.25) is 0 Å². The molecule has 0 fully saturated rings. The van der Waals surface area contributed by atoms with E-state index < -0.39 is 16.5 Å². The molecule has 0 heterocycles. The molecular weight excluding hydrogens is 282 g/mol. The molecular formula is C13H27NO5S. The van der Waals surface area contributed by atoms with Crippen LogP contribution >= 0.6 is 0 Å². The lowest BCUT2D eigenvalue weighted by Crippen LogP contribution is -2.20. The van der Waals surface area contributed by atoms with Crippen molar-refractivity contribution in [3.8, 4) is 0 Å². The summed E-state index contributed by atoms with van der Waals surface area (Å²) in [6.45, 7) is 2.23. The van der Waals surface area contributed by atoms with E-state index in [1.54, 1.807) is 0 Å². The van der Waals surface area contributed by atoms with E-state index in [0.717, 1.165) is 19.3 Å². The Morgan fingerprint density at radius 2 is 1.35 bits per heavy atom. The van der Waals surface area contributed by atoms with Crippen LogP contribution in [-0.4, -0.2) is 21.1 Å². The molecule has 0 aliphatic heterocycles. The highest BCUT2D eigenvalue weighted by Crippen LogP contribution is 2.10. The van der Waals surface area contributed by atoms with Crippen molar-refractivity contribution in [1.82, 2.24) is 0 Å². The summed E-state index contributed by atoms with van der Waals surface area (Å²) in [5.74, 6) is 0. The number of nitrogens with two attached hydrogens (primary N) is 1. The predicted molar refractivity (Wildman–Crippen MR) is 77.4 cm³/mol. The monoisotopic (exact) mass is 309 g/mol. The first-order valence-electron chi connectivity index (χ1n) is 7.36. The average molecular weight is 309 g/mol. The number of carbonyl (C=O) groups excluding carboxylic acids is 1. The summed E-state index contributed by atoms with van der Waals surface area (Å²) in [5.41, 5.74) is 4.59. The van der Waals surface area contributed by atoms with Crippen LogP contribution < -0.4 is 5.73 Å². The Kier molecular flexibility index (Phi) is 11.5. The smallest absolute Gasteiger partial charge is 0.334 e. The summed E-state index contributed by atoms with van der Waals surface area (Å²) in [5, 5.41) is 0. The fourth-order valence-corrected chi connectivity index (χ4v) is 2.45. The van der Waals surface area contributed by atoms with Crippen molar-refractivity contribution in [3.05, 3.63) is 0 Å². The summed E-state index contributed by atoms with van der Waals surface area (Å²) in [6.07, 6.45) is 10.1. The van der Waals surface area contributed by atoms with Gasteiger partial charge in [0.25, 0.3) is 0 Å². The minimum absolute atomic E-state index is 0.0200. The van der Waals surface area contributed by atoms with Crippen LogP contribution in [0.15, 0.2) is 0 Å². The molecule has 0 rings (SSSR count). The van der Waals surface area contributed by atoms with Gasteiger partial charge in [0.1, 0.15) is 0 Å². The van der Waals surface area contributed by atoms with E-state index in [1.807, 2.05) is 0 Å². The van der Waals surface area contributed by atoms with Crippen molar-refractivity contribution in [2.45, 2.75) is 71.1 Å². The number of hydrogen-bond donors (Lipinski definition) is 1. The highest BCUT2D eigenvalue weighted by molar-refractivity contribution is 7.82. The lowest BCUT2D eigenvalue weighted by molar-refractivity contribution is 0.193. The Bertz CT molecular complexity index is 343. The van der Waals surface area contributed by atoms with E-state index >= 15 is 0 Å². The highest BCUT2D eigenvalue weighted by Gasteiger charge is 2.14. The molecule has 120 valence electrons. The average Bonchev–Trinajstić information content (AvgIpc) is 2.34. The number of unbranched alkanes of at least 4 members (excludes halogenated alkanes) is 9. The van der Waals surface area contributed by atoms with E-state index in [-0.39, 0.29) is 6.61 Å². The molecule has 20 heavy (non-hydrogen) atoms. The fourth-order valence-electron chi connectivity index (χ4n) is 1.88. The lowest BCUT2D eigenvalue weighted by Gasteiger charge is -2.04. The van der Waals surface area contributed by atoms with Crippen LogP contribution in [0.2, 0.25) is 0 Å². The number of rotatable bonds is 13. The van der Waals surface area contributed by atoms with Gasteiger partial charge in [0, 0.05) is 0 Å². The topological polar surface area (TPSA) is 95.7 Å². The molecule has 0 saturated heterocycles. The Labute approximate surface area is 122 Å². The third kappa shape index (κ3) is 13.6. The summed E-state index contributed by atoms with van der Waals surface area (Å²) in [7, 11) is -4.27. The SMILES string of the molecule is CCCCCCCCCCCCOS(=O)(=O)OC(N)=O. The van der Waals surface area contributed by atoms with Crippen LogP contribution in [0.4, 0.5) is 4.79 Å². The first-order chi connectivity index (χ1) is 9.48. The van der Waals surface area contributed by atoms with Gasteiger partial charge in [0.15, 0.2) is 0 Å². The zero-order valence-electron chi connectivity index (χ0n) is 12.3. The first kappa shape index (κ1) is 19.2. The third-order valence-electron chi connectivity index (χ3n) is 2.91. The normalized spacial score (nSPS) is 11.4. The summed E-state index contributed by atoms with van der Waals surface area (Å²) in [4.78, 5) is 10.3. The Morgan fingerprint density at radius 3 is 1.80 bits per heavy atom. The van der Waals surface area contributed by atoms with Crippen molar-refractivity contribution in [2.24, 2.45) is 5.73 Å². The maximum atomic E-state index is 11.0. The van der Waals surface area contributed by atoms with Crippen molar-refractivity contribution in [3.63, 3.8) is 0 Å². The molecule has 0 aromatic carbocycles. The molecule has 0 aromatic rings. The largest absolute Gasteiger partial charge is 0.452 e. The Hall–Kier alpha value is -0.820. The standard InChI is InChI=1S/C13H27NO5S/c1-2-3-4-5-6-7-8-9-10-11-12-18-20(16,17)19-13(14)15/h2-12H2,1H3,(H2,14,15). The molecule has 0 aliphatic rings. The van der Waals surface area contributed by atoms with Crippen molar-refractivity contribution in [1.29, 1.82) is 0 Å². The van der Waals surface area contributed by atoms with Crippen LogP contribution in [0.25, 0.3) is 0 Å². The second-order valence-corrected chi connectivity index (χ2v) is 6.03. The highest BCUT2D eigenvalue weighted by atomic mass is 32.3. The van der Waals surface area contributed by atoms with Crippen LogP contribution in [0.3, 0.4) is 0 Å². The first-order valence-corrected chi connectivity index (χ1v) is 8.69. The van der Waals surface area contributed by atoms with Gasteiger partial charge in [0.05, 0.1) is 6.61 Å². The van der Waals surface area contributed by atoms with Crippen LogP contribution in [0.5, 0.6) is 0 Å². The number of amides is 1. The third-order valence-corrected chi connectivity index (χ3v) is 3.73. The van der Waals surface area contributed by atoms with E-state index in [9.17, 15) is 13.2 Å². The number of primary amides is 1. The molecule has 0 spiro atoms. The molecule has 0 aliphatic carbocycles. The van der Waals surface area contributed by atoms with Gasteiger partial charge in [-0.1, -0.05) is 64.7 Å². The molecule has 0 atom stereocenters. The molecule has 0 bridgehead atoms. The Balaban J connectivity index is 3.30. The van der Waals surface area contributed by atoms with Gasteiger partial charge in [-0.25, -0.2) is 8.98 Å². The van der Waals surface area contributed by atoms with E-state index in [2.05, 4.69) is 21.0 Å². The van der Waals surface area contributed by atoms with E-state index in [1.165, 1.54) is 38.5 Å². The molecule has 0 saturated carbocycles. The second kappa shape index (κ2) is 12.0. The maximum Gasteiger partial charge on any atom is 0.452 e. The zero-order valence-corrected chi connectivity index (χ0v) is 13.1. The zero-order chi connectivity index (χ0) is 15.3. The van der Waals surface area contributed by atoms with Crippen molar-refractivity contribution in [2.75, 3.05) is 6.61 Å². The van der Waals surface area contributed by atoms with Crippen molar-refractivity contribution < 1.29 is 21.6 Å². The molecule has 2 N–H and O–H groups in total. The molecule has 7 heteroatoms. The van der Waals surface area contributed by atoms with Crippen LogP contribution in [-0.2, 0) is 18.8 Å². The number of hydrogen-bond acceptors (Lipinski definition) is 5. The fraction of sp³-hybridized carbons (Fsp3) is 0.923. The Morgan fingerprint density at radius 1 is 0.900 bits per heavy atom. The second-order valence-electron chi connectivity index (χ2n) is 4.81. The predicted octanol–water partition coefficient (Wildman–Crippen LogP) is 3.26. The van der Waals surface area contributed by atoms with Gasteiger partial charge in [-0.15, -0.1) is 0 Å². The minimum Gasteiger partial charge on any atom is -0.334 e. The molecule has 0 aromatic heterocycles. The van der Waals surface area contributed by atoms with Gasteiger partial charge >= 0.3 is 16.5 Å². The van der Waals surface area contributed by atoms with Gasteiger partial charge in [-0.05, 0) is 6.42 Å². The van der Waals surface area contributed by atoms with Crippen LogP contribution in [0.1, 0.15) is 71.1 Å². The molecule has 6 nitrogen and oxygen atoms in total. The summed E-state index contributed by atoms with van der Waals surface area (Å²) in [6, 6.07) is 0. The van der Waals surface area contributed by atoms with E-state index in [4.69, 9.17) is 0 Å². The molecule has 0 unspecified atom stereocenters. The van der Waals surface area contributed by atoms with Crippen molar-refractivity contribution >= 4 is 16.5 Å². The quantitative estimate of drug-likeness (QED) is 0.527. The molecule has 1 amide bonds. The van der Waals surface area contributed by atoms with Gasteiger partial charge in [-0.2, -0.15) is 8.42 Å². The summed E-state index contributed by atoms with van der Waals surface area (Å²) < 4.78 is 30.2. The minimum atomic E-state index is -4.27. The van der Waals surface area contributed by atoms with E-state index in [0.29, 0.717) is 6.42 Å². The van der Waals surface area contributed by atoms with Gasteiger partial charge in [0.2, 0.25) is 0 Å². The summed E-state index contributed by atoms with van der Waals surface area (Å²) >= 11 is 0. The lowest BCUT2D eigenvalue weighted by atomic mass is 10.1. The molecule has 0 radical (unpaired) electrons.